The summed E-state index contributed by atoms with van der Waals surface area (Å²) in [7, 11) is 0. The Balaban J connectivity index is 1.35. The van der Waals surface area contributed by atoms with Crippen molar-refractivity contribution in [2.75, 3.05) is 16.1 Å². The molecule has 0 aliphatic carbocycles. The van der Waals surface area contributed by atoms with Gasteiger partial charge in [0.25, 0.3) is 5.69 Å². The fourth-order valence-electron chi connectivity index (χ4n) is 3.48. The first kappa shape index (κ1) is 26.6. The summed E-state index contributed by atoms with van der Waals surface area (Å²) in [6.07, 6.45) is 1.46. The molecule has 0 fully saturated rings. The van der Waals surface area contributed by atoms with Crippen LogP contribution in [0.1, 0.15) is 5.56 Å². The number of nitrogens with one attached hydrogen (secondary N) is 3. The number of hydrogen-bond donors (Lipinski definition) is 3. The minimum atomic E-state index is -0.419. The Hall–Kier alpha value is -5.00. The molecule has 12 heteroatoms. The molecule has 0 atom stereocenters. The topological polar surface area (TPSA) is 130 Å². The number of nitro groups is 1. The van der Waals surface area contributed by atoms with E-state index in [4.69, 9.17) is 11.6 Å². The first-order valence-corrected chi connectivity index (χ1v) is 13.1. The van der Waals surface area contributed by atoms with Crippen LogP contribution in [0.15, 0.2) is 118 Å². The van der Waals surface area contributed by atoms with Crippen LogP contribution >= 0.6 is 23.4 Å². The zero-order chi connectivity index (χ0) is 27.7. The summed E-state index contributed by atoms with van der Waals surface area (Å²) >= 11 is 7.23. The van der Waals surface area contributed by atoms with E-state index in [0.717, 1.165) is 16.3 Å². The number of para-hydroxylation sites is 2. The highest BCUT2D eigenvalue weighted by Gasteiger charge is 2.16. The monoisotopic (exact) mass is 568 g/mol. The zero-order valence-electron chi connectivity index (χ0n) is 20.7. The molecule has 0 bridgehead atoms. The lowest BCUT2D eigenvalue weighted by atomic mass is 10.2. The van der Waals surface area contributed by atoms with Crippen LogP contribution in [0.3, 0.4) is 0 Å². The number of benzene rings is 4. The lowest BCUT2D eigenvalue weighted by Gasteiger charge is -2.10. The van der Waals surface area contributed by atoms with Crippen molar-refractivity contribution in [1.82, 2.24) is 15.0 Å². The van der Waals surface area contributed by atoms with Gasteiger partial charge in [-0.2, -0.15) is 20.1 Å². The lowest BCUT2D eigenvalue weighted by Crippen LogP contribution is -2.07. The van der Waals surface area contributed by atoms with E-state index in [1.807, 2.05) is 72.8 Å². The fraction of sp³-hybridized carbons (Fsp3) is 0. The molecule has 5 aromatic rings. The van der Waals surface area contributed by atoms with E-state index in [2.05, 4.69) is 36.1 Å². The quantitative estimate of drug-likeness (QED) is 0.0889. The number of nitrogens with zero attached hydrogens (tertiary/aromatic N) is 5. The molecule has 0 aliphatic rings. The van der Waals surface area contributed by atoms with Crippen molar-refractivity contribution in [3.63, 3.8) is 0 Å². The van der Waals surface area contributed by atoms with Gasteiger partial charge in [-0.05, 0) is 54.6 Å². The summed E-state index contributed by atoms with van der Waals surface area (Å²) in [6.45, 7) is 0. The second-order valence-electron chi connectivity index (χ2n) is 8.20. The van der Waals surface area contributed by atoms with Crippen LogP contribution in [0, 0.1) is 10.1 Å². The van der Waals surface area contributed by atoms with Crippen molar-refractivity contribution in [1.29, 1.82) is 0 Å². The molecule has 4 aromatic carbocycles. The number of hydrogen-bond acceptors (Lipinski definition) is 10. The molecule has 0 unspecified atom stereocenters. The Morgan fingerprint density at radius 1 is 0.775 bits per heavy atom. The molecule has 0 aliphatic heterocycles. The van der Waals surface area contributed by atoms with E-state index in [9.17, 15) is 10.1 Å². The fourth-order valence-corrected chi connectivity index (χ4v) is 4.50. The highest BCUT2D eigenvalue weighted by molar-refractivity contribution is 7.99. The predicted octanol–water partition coefficient (Wildman–Crippen LogP) is 7.52. The number of nitro benzene ring substituents is 1. The molecule has 0 spiro atoms. The van der Waals surface area contributed by atoms with E-state index in [1.54, 1.807) is 24.3 Å². The van der Waals surface area contributed by atoms with Gasteiger partial charge in [-0.25, -0.2) is 5.43 Å². The molecule has 40 heavy (non-hydrogen) atoms. The summed E-state index contributed by atoms with van der Waals surface area (Å²) in [5.41, 5.74) is 4.89. The van der Waals surface area contributed by atoms with Crippen LogP contribution in [0.5, 0.6) is 0 Å². The Kier molecular flexibility index (Phi) is 8.44. The number of aromatic nitrogens is 3. The highest BCUT2D eigenvalue weighted by Crippen LogP contribution is 2.35. The predicted molar refractivity (Wildman–Crippen MR) is 159 cm³/mol. The Morgan fingerprint density at radius 2 is 1.35 bits per heavy atom. The van der Waals surface area contributed by atoms with Crippen molar-refractivity contribution in [3.05, 3.63) is 124 Å². The van der Waals surface area contributed by atoms with Crippen LogP contribution < -0.4 is 16.1 Å². The largest absolute Gasteiger partial charge is 0.324 e. The third-order valence-corrected chi connectivity index (χ3v) is 6.62. The summed E-state index contributed by atoms with van der Waals surface area (Å²) in [6, 6.07) is 31.0. The Labute approximate surface area is 238 Å². The first-order valence-electron chi connectivity index (χ1n) is 11.9. The number of anilines is 5. The molecular formula is C28H21ClN8O2S. The molecule has 3 N–H and O–H groups in total. The van der Waals surface area contributed by atoms with E-state index in [1.165, 1.54) is 24.0 Å². The Morgan fingerprint density at radius 3 is 1.93 bits per heavy atom. The maximum Gasteiger partial charge on any atom is 0.283 e. The van der Waals surface area contributed by atoms with Gasteiger partial charge in [0, 0.05) is 32.9 Å². The zero-order valence-corrected chi connectivity index (χ0v) is 22.3. The third-order valence-electron chi connectivity index (χ3n) is 5.29. The summed E-state index contributed by atoms with van der Waals surface area (Å²) in [5, 5.41) is 22.9. The standard InChI is InChI=1S/C28H21ClN8O2S/c29-20-12-14-23(15-13-20)40-25-16-11-19(17-24(25)37(38)39)18-30-36-28-34-26(31-21-7-3-1-4-8-21)33-27(35-28)32-22-9-5-2-6-10-22/h1-18H,(H3,31,32,33,34,35,36)/b30-18-. The van der Waals surface area contributed by atoms with Gasteiger partial charge in [0.05, 0.1) is 16.0 Å². The minimum Gasteiger partial charge on any atom is -0.324 e. The second kappa shape index (κ2) is 12.7. The van der Waals surface area contributed by atoms with Gasteiger partial charge in [0.2, 0.25) is 17.8 Å². The highest BCUT2D eigenvalue weighted by atomic mass is 35.5. The van der Waals surface area contributed by atoms with Gasteiger partial charge in [-0.15, -0.1) is 0 Å². The van der Waals surface area contributed by atoms with E-state index in [0.29, 0.717) is 27.4 Å². The van der Waals surface area contributed by atoms with Crippen molar-refractivity contribution >= 4 is 64.5 Å². The lowest BCUT2D eigenvalue weighted by molar-refractivity contribution is -0.387. The molecule has 1 heterocycles. The molecule has 5 rings (SSSR count). The van der Waals surface area contributed by atoms with Gasteiger partial charge in [0.15, 0.2) is 0 Å². The SMILES string of the molecule is O=[N+]([O-])c1cc(/C=N\Nc2nc(Nc3ccccc3)nc(Nc3ccccc3)n2)ccc1Sc1ccc(Cl)cc1. The second-order valence-corrected chi connectivity index (χ2v) is 9.75. The minimum absolute atomic E-state index is 0.0345. The number of halogens is 1. The first-order chi connectivity index (χ1) is 19.5. The summed E-state index contributed by atoms with van der Waals surface area (Å²) in [4.78, 5) is 25.9. The van der Waals surface area contributed by atoms with Crippen LogP contribution in [0.4, 0.5) is 34.9 Å². The van der Waals surface area contributed by atoms with Crippen LogP contribution in [0.2, 0.25) is 5.02 Å². The van der Waals surface area contributed by atoms with Crippen molar-refractivity contribution < 1.29 is 4.92 Å². The summed E-state index contributed by atoms with van der Waals surface area (Å²) in [5.74, 6) is 0.778. The van der Waals surface area contributed by atoms with E-state index >= 15 is 0 Å². The van der Waals surface area contributed by atoms with Crippen LogP contribution in [0.25, 0.3) is 0 Å². The molecule has 0 saturated heterocycles. The van der Waals surface area contributed by atoms with Gasteiger partial charge >= 0.3 is 0 Å². The normalized spacial score (nSPS) is 10.8. The van der Waals surface area contributed by atoms with Gasteiger partial charge in [-0.1, -0.05) is 65.8 Å². The molecular weight excluding hydrogens is 548 g/mol. The van der Waals surface area contributed by atoms with Crippen molar-refractivity contribution in [2.45, 2.75) is 9.79 Å². The number of rotatable bonds is 10. The molecule has 1 aromatic heterocycles. The average Bonchev–Trinajstić information content (AvgIpc) is 2.96. The maximum atomic E-state index is 11.8. The van der Waals surface area contributed by atoms with Crippen molar-refractivity contribution in [2.24, 2.45) is 5.10 Å². The molecule has 0 amide bonds. The van der Waals surface area contributed by atoms with Gasteiger partial charge < -0.3 is 10.6 Å². The molecule has 198 valence electrons. The molecule has 10 nitrogen and oxygen atoms in total. The van der Waals surface area contributed by atoms with Crippen molar-refractivity contribution in [3.8, 4) is 0 Å². The van der Waals surface area contributed by atoms with E-state index in [-0.39, 0.29) is 11.6 Å². The van der Waals surface area contributed by atoms with Crippen LogP contribution in [-0.4, -0.2) is 26.1 Å². The smallest absolute Gasteiger partial charge is 0.283 e. The number of hydrazone groups is 1. The Bertz CT molecular complexity index is 1580. The molecule has 0 radical (unpaired) electrons. The van der Waals surface area contributed by atoms with Gasteiger partial charge in [0.1, 0.15) is 0 Å². The molecule has 0 saturated carbocycles. The summed E-state index contributed by atoms with van der Waals surface area (Å²) < 4.78 is 0. The average molecular weight is 569 g/mol. The van der Waals surface area contributed by atoms with Crippen LogP contribution in [-0.2, 0) is 0 Å². The van der Waals surface area contributed by atoms with Gasteiger partial charge in [-0.3, -0.25) is 10.1 Å². The van der Waals surface area contributed by atoms with E-state index < -0.39 is 4.92 Å². The maximum absolute atomic E-state index is 11.8. The third kappa shape index (κ3) is 7.31.